The Bertz CT molecular complexity index is 474. The maximum atomic E-state index is 11.6. The van der Waals surface area contributed by atoms with Crippen LogP contribution in [0.15, 0.2) is 18.2 Å². The molecule has 0 aliphatic heterocycles. The van der Waals surface area contributed by atoms with Gasteiger partial charge in [-0.2, -0.15) is 13.1 Å². The lowest BCUT2D eigenvalue weighted by molar-refractivity contribution is 0.204. The van der Waals surface area contributed by atoms with Crippen molar-refractivity contribution in [3.05, 3.63) is 23.8 Å². The summed E-state index contributed by atoms with van der Waals surface area (Å²) in [6.07, 6.45) is 0. The molecular formula is C10H17N3O3S. The third kappa shape index (κ3) is 4.59. The number of nitrogens with one attached hydrogen (secondary N) is 2. The van der Waals surface area contributed by atoms with E-state index in [0.29, 0.717) is 18.0 Å². The molecule has 1 rings (SSSR count). The predicted octanol–water partition coefficient (Wildman–Crippen LogP) is 0.470. The lowest BCUT2D eigenvalue weighted by Crippen LogP contribution is -2.32. The summed E-state index contributed by atoms with van der Waals surface area (Å²) in [4.78, 5) is 0. The van der Waals surface area contributed by atoms with E-state index in [0.717, 1.165) is 5.56 Å². The molecule has 7 heteroatoms. The predicted molar refractivity (Wildman–Crippen MR) is 68.0 cm³/mol. The molecule has 0 aliphatic rings. The normalized spacial score (nSPS) is 11.4. The van der Waals surface area contributed by atoms with Gasteiger partial charge in [0.05, 0.1) is 18.0 Å². The van der Waals surface area contributed by atoms with Gasteiger partial charge in [-0.3, -0.25) is 4.72 Å². The van der Waals surface area contributed by atoms with Crippen LogP contribution in [0.1, 0.15) is 5.56 Å². The van der Waals surface area contributed by atoms with Crippen LogP contribution in [0.25, 0.3) is 0 Å². The van der Waals surface area contributed by atoms with Crippen molar-refractivity contribution in [1.82, 2.24) is 4.72 Å². The monoisotopic (exact) mass is 259 g/mol. The summed E-state index contributed by atoms with van der Waals surface area (Å²) < 4.78 is 32.6. The molecule has 4 N–H and O–H groups in total. The highest BCUT2D eigenvalue weighted by molar-refractivity contribution is 7.90. The van der Waals surface area contributed by atoms with Crippen molar-refractivity contribution >= 4 is 21.6 Å². The van der Waals surface area contributed by atoms with Crippen LogP contribution < -0.4 is 15.2 Å². The van der Waals surface area contributed by atoms with Crippen molar-refractivity contribution in [3.8, 4) is 0 Å². The fraction of sp³-hybridized carbons (Fsp3) is 0.400. The van der Waals surface area contributed by atoms with Crippen LogP contribution >= 0.6 is 0 Å². The first kappa shape index (κ1) is 13.8. The number of hydrogen-bond donors (Lipinski definition) is 3. The Hall–Kier alpha value is -1.31. The van der Waals surface area contributed by atoms with Gasteiger partial charge in [0.15, 0.2) is 0 Å². The SMILES string of the molecule is COCCNS(=O)(=O)Nc1ccc(C)cc1N. The van der Waals surface area contributed by atoms with Crippen LogP contribution in [0, 0.1) is 6.92 Å². The van der Waals surface area contributed by atoms with Crippen LogP contribution in [0.4, 0.5) is 11.4 Å². The average Bonchev–Trinajstić information content (AvgIpc) is 2.22. The second-order valence-corrected chi connectivity index (χ2v) is 5.08. The largest absolute Gasteiger partial charge is 0.397 e. The zero-order valence-corrected chi connectivity index (χ0v) is 10.7. The van der Waals surface area contributed by atoms with Crippen molar-refractivity contribution in [2.75, 3.05) is 30.7 Å². The summed E-state index contributed by atoms with van der Waals surface area (Å²) in [5, 5.41) is 0. The lowest BCUT2D eigenvalue weighted by atomic mass is 10.2. The minimum Gasteiger partial charge on any atom is -0.397 e. The summed E-state index contributed by atoms with van der Waals surface area (Å²) in [5.74, 6) is 0. The lowest BCUT2D eigenvalue weighted by Gasteiger charge is -2.11. The van der Waals surface area contributed by atoms with Crippen molar-refractivity contribution in [2.24, 2.45) is 0 Å². The molecule has 0 bridgehead atoms. The Kier molecular flexibility index (Phi) is 4.73. The molecule has 0 aliphatic carbocycles. The molecule has 0 radical (unpaired) electrons. The van der Waals surface area contributed by atoms with Crippen LogP contribution in [0.2, 0.25) is 0 Å². The number of ether oxygens (including phenoxy) is 1. The molecule has 0 fully saturated rings. The van der Waals surface area contributed by atoms with E-state index in [2.05, 4.69) is 9.44 Å². The van der Waals surface area contributed by atoms with Crippen molar-refractivity contribution in [2.45, 2.75) is 6.92 Å². The topological polar surface area (TPSA) is 93.4 Å². The fourth-order valence-corrected chi connectivity index (χ4v) is 2.13. The van der Waals surface area contributed by atoms with Gasteiger partial charge in [0.25, 0.3) is 10.2 Å². The van der Waals surface area contributed by atoms with Gasteiger partial charge in [-0.05, 0) is 24.6 Å². The smallest absolute Gasteiger partial charge is 0.299 e. The number of anilines is 2. The number of hydrogen-bond acceptors (Lipinski definition) is 4. The molecule has 0 amide bonds. The second-order valence-electron chi connectivity index (χ2n) is 3.58. The molecule has 0 spiro atoms. The number of nitrogens with two attached hydrogens (primary N) is 1. The van der Waals surface area contributed by atoms with Crippen LogP contribution in [-0.2, 0) is 14.9 Å². The Balaban J connectivity index is 2.69. The van der Waals surface area contributed by atoms with Gasteiger partial charge in [0, 0.05) is 13.7 Å². The quantitative estimate of drug-likeness (QED) is 0.511. The molecular weight excluding hydrogens is 242 g/mol. The maximum absolute atomic E-state index is 11.6. The third-order valence-corrected chi connectivity index (χ3v) is 3.12. The summed E-state index contributed by atoms with van der Waals surface area (Å²) in [7, 11) is -2.10. The number of benzene rings is 1. The molecule has 0 heterocycles. The van der Waals surface area contributed by atoms with Gasteiger partial charge >= 0.3 is 0 Å². The molecule has 0 saturated heterocycles. The molecule has 1 aromatic carbocycles. The zero-order valence-electron chi connectivity index (χ0n) is 9.86. The van der Waals surface area contributed by atoms with Crippen molar-refractivity contribution < 1.29 is 13.2 Å². The van der Waals surface area contributed by atoms with E-state index in [9.17, 15) is 8.42 Å². The molecule has 0 saturated carbocycles. The van der Waals surface area contributed by atoms with Crippen molar-refractivity contribution in [1.29, 1.82) is 0 Å². The Morgan fingerprint density at radius 2 is 2.12 bits per heavy atom. The number of methoxy groups -OCH3 is 1. The van der Waals surface area contributed by atoms with E-state index in [-0.39, 0.29) is 6.54 Å². The zero-order chi connectivity index (χ0) is 12.9. The van der Waals surface area contributed by atoms with E-state index in [1.165, 1.54) is 7.11 Å². The summed E-state index contributed by atoms with van der Waals surface area (Å²) in [5.41, 5.74) is 7.43. The Morgan fingerprint density at radius 3 is 2.71 bits per heavy atom. The van der Waals surface area contributed by atoms with E-state index >= 15 is 0 Å². The maximum Gasteiger partial charge on any atom is 0.299 e. The molecule has 0 unspecified atom stereocenters. The summed E-state index contributed by atoms with van der Waals surface area (Å²) in [6.45, 7) is 2.40. The third-order valence-electron chi connectivity index (χ3n) is 2.05. The van der Waals surface area contributed by atoms with Gasteiger partial charge in [0.1, 0.15) is 0 Å². The molecule has 1 aromatic rings. The van der Waals surface area contributed by atoms with Crippen LogP contribution in [0.5, 0.6) is 0 Å². The van der Waals surface area contributed by atoms with E-state index in [1.807, 2.05) is 6.92 Å². The molecule has 6 nitrogen and oxygen atoms in total. The van der Waals surface area contributed by atoms with Crippen LogP contribution in [-0.4, -0.2) is 28.7 Å². The Morgan fingerprint density at radius 1 is 1.41 bits per heavy atom. The molecule has 96 valence electrons. The summed E-state index contributed by atoms with van der Waals surface area (Å²) in [6, 6.07) is 5.11. The molecule has 0 atom stereocenters. The number of nitrogen functional groups attached to an aromatic ring is 1. The van der Waals surface area contributed by atoms with Crippen LogP contribution in [0.3, 0.4) is 0 Å². The second kappa shape index (κ2) is 5.85. The number of aryl methyl sites for hydroxylation is 1. The average molecular weight is 259 g/mol. The Labute approximate surface area is 101 Å². The van der Waals surface area contributed by atoms with E-state index in [1.54, 1.807) is 18.2 Å². The van der Waals surface area contributed by atoms with Gasteiger partial charge in [0.2, 0.25) is 0 Å². The van der Waals surface area contributed by atoms with Gasteiger partial charge in [-0.15, -0.1) is 0 Å². The van der Waals surface area contributed by atoms with Gasteiger partial charge < -0.3 is 10.5 Å². The first-order valence-corrected chi connectivity index (χ1v) is 6.55. The minimum atomic E-state index is -3.60. The first-order valence-electron chi connectivity index (χ1n) is 5.07. The highest BCUT2D eigenvalue weighted by Crippen LogP contribution is 2.20. The highest BCUT2D eigenvalue weighted by atomic mass is 32.2. The molecule has 0 aromatic heterocycles. The number of rotatable bonds is 6. The van der Waals surface area contributed by atoms with E-state index < -0.39 is 10.2 Å². The van der Waals surface area contributed by atoms with Gasteiger partial charge in [-0.1, -0.05) is 6.07 Å². The standard InChI is InChI=1S/C10H17N3O3S/c1-8-3-4-10(9(11)7-8)13-17(14,15)12-5-6-16-2/h3-4,7,12-13H,5-6,11H2,1-2H3. The van der Waals surface area contributed by atoms with E-state index in [4.69, 9.17) is 10.5 Å². The van der Waals surface area contributed by atoms with Gasteiger partial charge in [-0.25, -0.2) is 0 Å². The summed E-state index contributed by atoms with van der Waals surface area (Å²) >= 11 is 0. The van der Waals surface area contributed by atoms with Crippen molar-refractivity contribution in [3.63, 3.8) is 0 Å². The highest BCUT2D eigenvalue weighted by Gasteiger charge is 2.10. The molecule has 17 heavy (non-hydrogen) atoms. The minimum absolute atomic E-state index is 0.206. The first-order chi connectivity index (χ1) is 7.94. The fourth-order valence-electron chi connectivity index (χ4n) is 1.23.